The molecule has 6 rings (SSSR count). The molecule has 1 saturated carbocycles. The third kappa shape index (κ3) is 4.00. The van der Waals surface area contributed by atoms with Crippen molar-refractivity contribution in [3.8, 4) is 0 Å². The second-order valence-electron chi connectivity index (χ2n) is 8.77. The number of benzene rings is 1. The van der Waals surface area contributed by atoms with Crippen LogP contribution in [0.25, 0.3) is 11.7 Å². The summed E-state index contributed by atoms with van der Waals surface area (Å²) >= 11 is 0. The molecule has 11 heteroatoms. The minimum atomic E-state index is -0.544. The number of para-hydroxylation sites is 1. The minimum Gasteiger partial charge on any atom is -0.371 e. The molecule has 2 aliphatic heterocycles. The Morgan fingerprint density at radius 3 is 2.68 bits per heavy atom. The van der Waals surface area contributed by atoms with Crippen molar-refractivity contribution in [2.75, 3.05) is 28.6 Å². The molecule has 2 saturated heterocycles. The molecule has 3 amide bonds. The Morgan fingerprint density at radius 2 is 1.91 bits per heavy atom. The summed E-state index contributed by atoms with van der Waals surface area (Å²) in [6.45, 7) is 2.73. The molecule has 3 aliphatic rings. The van der Waals surface area contributed by atoms with Gasteiger partial charge in [-0.1, -0.05) is 18.2 Å². The van der Waals surface area contributed by atoms with E-state index in [-0.39, 0.29) is 5.70 Å². The van der Waals surface area contributed by atoms with Gasteiger partial charge >= 0.3 is 6.03 Å². The van der Waals surface area contributed by atoms with Crippen molar-refractivity contribution in [2.24, 2.45) is 0 Å². The van der Waals surface area contributed by atoms with E-state index in [0.717, 1.165) is 25.9 Å². The fraction of sp³-hybridized carbons (Fsp3) is 0.348. The molecule has 174 valence electrons. The van der Waals surface area contributed by atoms with Crippen LogP contribution in [-0.2, 0) is 11.3 Å². The number of amides is 3. The number of hydrogen-bond donors (Lipinski definition) is 4. The van der Waals surface area contributed by atoms with Gasteiger partial charge in [0.1, 0.15) is 5.70 Å². The van der Waals surface area contributed by atoms with Crippen molar-refractivity contribution in [3.63, 3.8) is 0 Å². The molecule has 1 aliphatic carbocycles. The molecular weight excluding hydrogens is 434 g/mol. The molecule has 34 heavy (non-hydrogen) atoms. The van der Waals surface area contributed by atoms with Crippen LogP contribution >= 0.6 is 0 Å². The van der Waals surface area contributed by atoms with Crippen molar-refractivity contribution in [1.29, 1.82) is 0 Å². The Balaban J connectivity index is 1.32. The first-order valence-corrected chi connectivity index (χ1v) is 11.6. The zero-order valence-electron chi connectivity index (χ0n) is 18.5. The zero-order valence-corrected chi connectivity index (χ0v) is 18.5. The van der Waals surface area contributed by atoms with E-state index in [4.69, 9.17) is 0 Å². The van der Waals surface area contributed by atoms with Crippen LogP contribution in [0.2, 0.25) is 0 Å². The first kappa shape index (κ1) is 20.5. The first-order valence-electron chi connectivity index (χ1n) is 11.6. The normalized spacial score (nSPS) is 19.1. The minimum absolute atomic E-state index is 0.157. The van der Waals surface area contributed by atoms with Crippen LogP contribution in [-0.4, -0.2) is 50.7 Å². The topological polar surface area (TPSA) is 129 Å². The molecular formula is C23H25N9O2. The van der Waals surface area contributed by atoms with Crippen LogP contribution in [0.4, 0.5) is 22.4 Å². The average molecular weight is 460 g/mol. The van der Waals surface area contributed by atoms with Gasteiger partial charge in [0, 0.05) is 36.9 Å². The Kier molecular flexibility index (Phi) is 5.01. The summed E-state index contributed by atoms with van der Waals surface area (Å²) in [6.07, 6.45) is 7.79. The zero-order chi connectivity index (χ0) is 23.1. The lowest BCUT2D eigenvalue weighted by Gasteiger charge is -2.21. The van der Waals surface area contributed by atoms with E-state index in [9.17, 15) is 9.59 Å². The number of fused-ring (bicyclic) bond motifs is 1. The Morgan fingerprint density at radius 1 is 1.09 bits per heavy atom. The summed E-state index contributed by atoms with van der Waals surface area (Å²) in [6, 6.07) is 8.22. The van der Waals surface area contributed by atoms with Crippen LogP contribution in [0, 0.1) is 0 Å². The monoisotopic (exact) mass is 459 g/mol. The largest absolute Gasteiger partial charge is 0.371 e. The lowest BCUT2D eigenvalue weighted by atomic mass is 10.1. The van der Waals surface area contributed by atoms with Crippen molar-refractivity contribution >= 4 is 41.2 Å². The molecule has 3 fully saturated rings. The predicted octanol–water partition coefficient (Wildman–Crippen LogP) is 2.09. The van der Waals surface area contributed by atoms with E-state index >= 15 is 0 Å². The van der Waals surface area contributed by atoms with E-state index in [0.29, 0.717) is 35.7 Å². The van der Waals surface area contributed by atoms with Crippen LogP contribution < -0.4 is 26.2 Å². The third-order valence-corrected chi connectivity index (χ3v) is 6.20. The number of hydrogen-bond acceptors (Lipinski definition) is 8. The van der Waals surface area contributed by atoms with Gasteiger partial charge in [-0.15, -0.1) is 0 Å². The summed E-state index contributed by atoms with van der Waals surface area (Å²) in [5, 5.41) is 15.9. The lowest BCUT2D eigenvalue weighted by molar-refractivity contribution is -0.115. The molecule has 3 aromatic rings. The molecule has 11 nitrogen and oxygen atoms in total. The van der Waals surface area contributed by atoms with Crippen LogP contribution in [0.1, 0.15) is 36.8 Å². The summed E-state index contributed by atoms with van der Waals surface area (Å²) in [5.74, 6) is 0.575. The predicted molar refractivity (Wildman–Crippen MR) is 127 cm³/mol. The number of nitrogens with zero attached hydrogens (tertiary/aromatic N) is 5. The molecule has 0 radical (unpaired) electrons. The van der Waals surface area contributed by atoms with Gasteiger partial charge in [-0.3, -0.25) is 10.1 Å². The van der Waals surface area contributed by atoms with Crippen molar-refractivity contribution in [3.05, 3.63) is 47.3 Å². The number of carbonyl (C=O) groups excluding carboxylic acids is 2. The smallest absolute Gasteiger partial charge is 0.326 e. The number of rotatable bonds is 7. The van der Waals surface area contributed by atoms with Gasteiger partial charge in [0.05, 0.1) is 6.20 Å². The standard InChI is InChI=1S/C23H25N9O2/c33-20-17(27-23(34)29-20)11-15-13-25-32-19(15)28-21(30-22(32)26-16-7-8-16)24-12-14-5-1-2-6-18(14)31-9-3-4-10-31/h1-2,5-6,11,13,16H,3-4,7-10,12H2,(H2,24,26,28,30)(H2,27,29,33,34)/b17-11-. The Hall–Kier alpha value is -4.15. The molecule has 4 heterocycles. The maximum Gasteiger partial charge on any atom is 0.326 e. The quantitative estimate of drug-likeness (QED) is 0.312. The summed E-state index contributed by atoms with van der Waals surface area (Å²) in [4.78, 5) is 35.3. The van der Waals surface area contributed by atoms with E-state index in [1.165, 1.54) is 24.1 Å². The summed E-state index contributed by atoms with van der Waals surface area (Å²) < 4.78 is 1.63. The molecule has 4 N–H and O–H groups in total. The second kappa shape index (κ2) is 8.32. The number of imide groups is 1. The van der Waals surface area contributed by atoms with Gasteiger partial charge in [-0.25, -0.2) is 4.79 Å². The highest BCUT2D eigenvalue weighted by molar-refractivity contribution is 6.14. The van der Waals surface area contributed by atoms with Gasteiger partial charge in [0.15, 0.2) is 5.65 Å². The third-order valence-electron chi connectivity index (χ3n) is 6.20. The number of anilines is 3. The number of urea groups is 1. The molecule has 0 atom stereocenters. The maximum atomic E-state index is 12.0. The Bertz CT molecular complexity index is 1310. The molecule has 2 aromatic heterocycles. The molecule has 1 aromatic carbocycles. The average Bonchev–Trinajstić information content (AvgIpc) is 3.20. The van der Waals surface area contributed by atoms with Gasteiger partial charge < -0.3 is 20.9 Å². The van der Waals surface area contributed by atoms with Gasteiger partial charge in [0.25, 0.3) is 5.91 Å². The Labute approximate surface area is 195 Å². The van der Waals surface area contributed by atoms with Crippen molar-refractivity contribution < 1.29 is 9.59 Å². The molecule has 0 unspecified atom stereocenters. The SMILES string of the molecule is O=C1NC(=O)/C(=C/c2cnn3c(NC4CC4)nc(NCc4ccccc4N4CCCC4)nc23)N1. The van der Waals surface area contributed by atoms with Crippen LogP contribution in [0.15, 0.2) is 36.2 Å². The van der Waals surface area contributed by atoms with Crippen molar-refractivity contribution in [1.82, 2.24) is 30.2 Å². The fourth-order valence-electron chi connectivity index (χ4n) is 4.32. The fourth-order valence-corrected chi connectivity index (χ4v) is 4.32. The number of aromatic nitrogens is 4. The highest BCUT2D eigenvalue weighted by atomic mass is 16.2. The summed E-state index contributed by atoms with van der Waals surface area (Å²) in [5.41, 5.74) is 3.72. The van der Waals surface area contributed by atoms with Crippen molar-refractivity contribution in [2.45, 2.75) is 38.3 Å². The second-order valence-corrected chi connectivity index (χ2v) is 8.77. The first-order chi connectivity index (χ1) is 16.6. The van der Waals surface area contributed by atoms with Crippen LogP contribution in [0.3, 0.4) is 0 Å². The molecule has 0 bridgehead atoms. The van der Waals surface area contributed by atoms with E-state index in [1.54, 1.807) is 16.8 Å². The van der Waals surface area contributed by atoms with E-state index < -0.39 is 11.9 Å². The van der Waals surface area contributed by atoms with E-state index in [1.807, 2.05) is 6.07 Å². The summed E-state index contributed by atoms with van der Waals surface area (Å²) in [7, 11) is 0. The maximum absolute atomic E-state index is 12.0. The molecule has 0 spiro atoms. The number of carbonyl (C=O) groups is 2. The highest BCUT2D eigenvalue weighted by Gasteiger charge is 2.26. The number of nitrogens with one attached hydrogen (secondary N) is 4. The lowest BCUT2D eigenvalue weighted by Crippen LogP contribution is -2.22. The van der Waals surface area contributed by atoms with Gasteiger partial charge in [-0.2, -0.15) is 19.6 Å². The van der Waals surface area contributed by atoms with Gasteiger partial charge in [-0.05, 0) is 43.4 Å². The van der Waals surface area contributed by atoms with Crippen LogP contribution in [0.5, 0.6) is 0 Å². The van der Waals surface area contributed by atoms with Gasteiger partial charge in [0.2, 0.25) is 11.9 Å². The highest BCUT2D eigenvalue weighted by Crippen LogP contribution is 2.27. The van der Waals surface area contributed by atoms with E-state index in [2.05, 4.69) is 59.4 Å².